The van der Waals surface area contributed by atoms with Gasteiger partial charge in [-0.25, -0.2) is 15.0 Å². The third-order valence-corrected chi connectivity index (χ3v) is 6.10. The van der Waals surface area contributed by atoms with Crippen LogP contribution in [0.3, 0.4) is 0 Å². The molecule has 2 N–H and O–H groups in total. The zero-order valence-corrected chi connectivity index (χ0v) is 16.0. The van der Waals surface area contributed by atoms with Crippen molar-refractivity contribution >= 4 is 23.0 Å². The first-order valence-electron chi connectivity index (χ1n) is 9.62. The van der Waals surface area contributed by atoms with Crippen molar-refractivity contribution in [2.45, 2.75) is 44.9 Å². The molecule has 0 bridgehead atoms. The standard InChI is InChI=1S/C20H22N6O2/c1-11-8-14(15-12(2)25-28-17(15)23-11)18(27)26-7-3-5-20(10-26)6-4-13-9-22-19(21)24-16(13)20/h8-9H,3-7,10H2,1-2H3,(H2,21,22,24). The van der Waals surface area contributed by atoms with Gasteiger partial charge in [0.25, 0.3) is 11.6 Å². The minimum atomic E-state index is -0.134. The molecule has 0 aromatic carbocycles. The first-order chi connectivity index (χ1) is 13.5. The van der Waals surface area contributed by atoms with E-state index >= 15 is 0 Å². The maximum Gasteiger partial charge on any atom is 0.258 e. The van der Waals surface area contributed by atoms with Gasteiger partial charge >= 0.3 is 0 Å². The van der Waals surface area contributed by atoms with Crippen molar-refractivity contribution in [2.75, 3.05) is 18.8 Å². The number of fused-ring (bicyclic) bond motifs is 3. The van der Waals surface area contributed by atoms with Crippen LogP contribution in [0.15, 0.2) is 16.8 Å². The highest BCUT2D eigenvalue weighted by atomic mass is 16.5. The average molecular weight is 378 g/mol. The summed E-state index contributed by atoms with van der Waals surface area (Å²) in [7, 11) is 0. The molecule has 1 fully saturated rings. The van der Waals surface area contributed by atoms with Gasteiger partial charge in [-0.1, -0.05) is 5.16 Å². The van der Waals surface area contributed by atoms with Gasteiger partial charge in [0.2, 0.25) is 5.95 Å². The number of piperidine rings is 1. The number of nitrogen functional groups attached to an aromatic ring is 1. The van der Waals surface area contributed by atoms with Gasteiger partial charge in [0.1, 0.15) is 0 Å². The predicted molar refractivity (Wildman–Crippen MR) is 103 cm³/mol. The number of anilines is 1. The molecular weight excluding hydrogens is 356 g/mol. The molecule has 144 valence electrons. The van der Waals surface area contributed by atoms with E-state index in [1.807, 2.05) is 31.0 Å². The SMILES string of the molecule is Cc1cc(C(=O)N2CCCC3(CCc4cnc(N)nc43)C2)c2c(C)noc2n1. The summed E-state index contributed by atoms with van der Waals surface area (Å²) in [5.41, 5.74) is 10.4. The Hall–Kier alpha value is -3.03. The summed E-state index contributed by atoms with van der Waals surface area (Å²) in [4.78, 5) is 28.5. The van der Waals surface area contributed by atoms with Gasteiger partial charge in [-0.2, -0.15) is 0 Å². The number of amides is 1. The van der Waals surface area contributed by atoms with Gasteiger partial charge in [0.05, 0.1) is 22.3 Å². The van der Waals surface area contributed by atoms with Crippen LogP contribution < -0.4 is 5.73 Å². The molecule has 1 unspecified atom stereocenters. The highest BCUT2D eigenvalue weighted by molar-refractivity contribution is 6.06. The quantitative estimate of drug-likeness (QED) is 0.692. The molecule has 1 amide bonds. The van der Waals surface area contributed by atoms with E-state index in [0.717, 1.165) is 49.2 Å². The molecule has 2 aliphatic rings. The van der Waals surface area contributed by atoms with Crippen molar-refractivity contribution in [3.63, 3.8) is 0 Å². The maximum absolute atomic E-state index is 13.5. The fraction of sp³-hybridized carbons (Fsp3) is 0.450. The van der Waals surface area contributed by atoms with E-state index in [2.05, 4.69) is 20.1 Å². The summed E-state index contributed by atoms with van der Waals surface area (Å²) in [6.07, 6.45) is 5.69. The number of aromatic nitrogens is 4. The van der Waals surface area contributed by atoms with Crippen molar-refractivity contribution < 1.29 is 9.32 Å². The number of hydrogen-bond acceptors (Lipinski definition) is 7. The van der Waals surface area contributed by atoms with E-state index in [1.54, 1.807) is 0 Å². The smallest absolute Gasteiger partial charge is 0.258 e. The van der Waals surface area contributed by atoms with Gasteiger partial charge < -0.3 is 15.2 Å². The number of rotatable bonds is 1. The lowest BCUT2D eigenvalue weighted by Crippen LogP contribution is -2.48. The van der Waals surface area contributed by atoms with Crippen LogP contribution in [0.1, 0.15) is 52.3 Å². The van der Waals surface area contributed by atoms with Crippen LogP contribution >= 0.6 is 0 Å². The van der Waals surface area contributed by atoms with E-state index < -0.39 is 0 Å². The van der Waals surface area contributed by atoms with Gasteiger partial charge in [-0.05, 0) is 51.2 Å². The van der Waals surface area contributed by atoms with E-state index in [0.29, 0.717) is 34.9 Å². The largest absolute Gasteiger partial charge is 0.368 e. The Balaban J connectivity index is 1.53. The normalized spacial score (nSPS) is 21.4. The van der Waals surface area contributed by atoms with E-state index in [-0.39, 0.29) is 11.3 Å². The van der Waals surface area contributed by atoms with Crippen molar-refractivity contribution in [1.29, 1.82) is 0 Å². The molecule has 3 aromatic heterocycles. The summed E-state index contributed by atoms with van der Waals surface area (Å²) in [6, 6.07) is 1.83. The maximum atomic E-state index is 13.5. The molecule has 8 heteroatoms. The van der Waals surface area contributed by atoms with Crippen molar-refractivity contribution in [3.8, 4) is 0 Å². The molecule has 5 rings (SSSR count). The fourth-order valence-electron chi connectivity index (χ4n) is 4.81. The summed E-state index contributed by atoms with van der Waals surface area (Å²) in [6.45, 7) is 5.06. The monoisotopic (exact) mass is 378 g/mol. The number of nitrogens with zero attached hydrogens (tertiary/aromatic N) is 5. The zero-order chi connectivity index (χ0) is 19.5. The van der Waals surface area contributed by atoms with Crippen LogP contribution in [0, 0.1) is 13.8 Å². The second-order valence-corrected chi connectivity index (χ2v) is 7.97. The molecule has 1 aliphatic carbocycles. The molecule has 28 heavy (non-hydrogen) atoms. The van der Waals surface area contributed by atoms with Gasteiger partial charge in [-0.3, -0.25) is 4.79 Å². The number of carbonyl (C=O) groups excluding carboxylic acids is 1. The summed E-state index contributed by atoms with van der Waals surface area (Å²) in [5, 5.41) is 4.70. The Kier molecular flexibility index (Phi) is 3.65. The van der Waals surface area contributed by atoms with Crippen LogP contribution in [0.4, 0.5) is 5.95 Å². The van der Waals surface area contributed by atoms with Crippen molar-refractivity contribution in [3.05, 3.63) is 40.5 Å². The Labute approximate surface area is 162 Å². The number of hydrogen-bond donors (Lipinski definition) is 1. The summed E-state index contributed by atoms with van der Waals surface area (Å²) < 4.78 is 5.30. The Morgan fingerprint density at radius 3 is 3.00 bits per heavy atom. The lowest BCUT2D eigenvalue weighted by atomic mass is 9.77. The van der Waals surface area contributed by atoms with E-state index in [1.165, 1.54) is 0 Å². The second-order valence-electron chi connectivity index (χ2n) is 7.97. The third-order valence-electron chi connectivity index (χ3n) is 6.10. The lowest BCUT2D eigenvalue weighted by molar-refractivity contribution is 0.0635. The van der Waals surface area contributed by atoms with Crippen LogP contribution in [0.2, 0.25) is 0 Å². The predicted octanol–water partition coefficient (Wildman–Crippen LogP) is 2.33. The summed E-state index contributed by atoms with van der Waals surface area (Å²) >= 11 is 0. The van der Waals surface area contributed by atoms with Gasteiger partial charge in [0.15, 0.2) is 0 Å². The minimum Gasteiger partial charge on any atom is -0.368 e. The Bertz CT molecular complexity index is 1100. The molecule has 8 nitrogen and oxygen atoms in total. The third kappa shape index (κ3) is 2.47. The fourth-order valence-corrected chi connectivity index (χ4v) is 4.81. The van der Waals surface area contributed by atoms with Crippen LogP contribution in [-0.2, 0) is 11.8 Å². The molecule has 3 aromatic rings. The molecule has 1 saturated heterocycles. The van der Waals surface area contributed by atoms with Crippen molar-refractivity contribution in [2.24, 2.45) is 0 Å². The minimum absolute atomic E-state index is 0.00338. The van der Waals surface area contributed by atoms with Crippen LogP contribution in [-0.4, -0.2) is 44.0 Å². The lowest BCUT2D eigenvalue weighted by Gasteiger charge is -2.40. The number of likely N-dealkylation sites (tertiary alicyclic amines) is 1. The topological polar surface area (TPSA) is 111 Å². The van der Waals surface area contributed by atoms with Gasteiger partial charge in [-0.15, -0.1) is 0 Å². The molecule has 1 spiro atoms. The molecular formula is C20H22N6O2. The average Bonchev–Trinajstić information content (AvgIpc) is 3.22. The van der Waals surface area contributed by atoms with E-state index in [9.17, 15) is 4.79 Å². The van der Waals surface area contributed by atoms with Gasteiger partial charge in [0, 0.05) is 30.4 Å². The van der Waals surface area contributed by atoms with Crippen LogP contribution in [0.5, 0.6) is 0 Å². The molecule has 1 aliphatic heterocycles. The molecule has 4 heterocycles. The summed E-state index contributed by atoms with van der Waals surface area (Å²) in [5.74, 6) is 0.298. The number of carbonyl (C=O) groups is 1. The molecule has 1 atom stereocenters. The Morgan fingerprint density at radius 1 is 1.29 bits per heavy atom. The van der Waals surface area contributed by atoms with Crippen molar-refractivity contribution in [1.82, 2.24) is 25.0 Å². The first kappa shape index (κ1) is 17.1. The highest BCUT2D eigenvalue weighted by Crippen LogP contribution is 2.44. The molecule has 0 saturated carbocycles. The second kappa shape index (κ2) is 5.98. The number of aryl methyl sites for hydroxylation is 3. The highest BCUT2D eigenvalue weighted by Gasteiger charge is 2.45. The number of nitrogens with two attached hydrogens (primary N) is 1. The van der Waals surface area contributed by atoms with E-state index in [4.69, 9.17) is 10.3 Å². The first-order valence-corrected chi connectivity index (χ1v) is 9.62. The molecule has 0 radical (unpaired) electrons. The number of pyridine rings is 1. The Morgan fingerprint density at radius 2 is 2.14 bits per heavy atom. The zero-order valence-electron chi connectivity index (χ0n) is 16.0. The van der Waals surface area contributed by atoms with Crippen LogP contribution in [0.25, 0.3) is 11.1 Å².